The van der Waals surface area contributed by atoms with Gasteiger partial charge in [-0.25, -0.2) is 4.68 Å². The molecule has 2 heterocycles. The van der Waals surface area contributed by atoms with Crippen LogP contribution < -0.4 is 20.7 Å². The second kappa shape index (κ2) is 11.9. The van der Waals surface area contributed by atoms with E-state index in [1.54, 1.807) is 23.3 Å². The van der Waals surface area contributed by atoms with Crippen LogP contribution in [0.25, 0.3) is 16.6 Å². The molecule has 0 spiro atoms. The number of amides is 1. The maximum Gasteiger partial charge on any atom is 0.573 e. The predicted octanol–water partition coefficient (Wildman–Crippen LogP) is 3.79. The number of alkyl halides is 3. The number of ether oxygens (including phenoxy) is 1. The average Bonchev–Trinajstić information content (AvgIpc) is 3.54. The molecule has 0 aliphatic rings. The van der Waals surface area contributed by atoms with Gasteiger partial charge in [-0.3, -0.25) is 9.89 Å². The third-order valence-electron chi connectivity index (χ3n) is 5.30. The number of H-pyrrole nitrogens is 1. The third-order valence-corrected chi connectivity index (χ3v) is 5.60. The number of rotatable bonds is 12. The molecule has 0 saturated heterocycles. The molecule has 1 amide bonds. The van der Waals surface area contributed by atoms with Crippen molar-refractivity contribution in [1.29, 1.82) is 0 Å². The summed E-state index contributed by atoms with van der Waals surface area (Å²) in [4.78, 5) is 12.1. The Bertz CT molecular complexity index is 1330. The molecule has 4 aromatic rings. The molecule has 0 fully saturated rings. The second-order valence-electron chi connectivity index (χ2n) is 8.04. The normalized spacial score (nSPS) is 11.6. The van der Waals surface area contributed by atoms with Crippen LogP contribution >= 0.6 is 11.6 Å². The number of aromatic nitrogens is 5. The highest BCUT2D eigenvalue weighted by Gasteiger charge is 2.32. The van der Waals surface area contributed by atoms with Gasteiger partial charge in [0.1, 0.15) is 5.75 Å². The first-order chi connectivity index (χ1) is 17.8. The molecule has 4 N–H and O–H groups in total. The number of fused-ring (bicyclic) bond motifs is 1. The third kappa shape index (κ3) is 7.57. The van der Waals surface area contributed by atoms with Gasteiger partial charge in [0, 0.05) is 43.7 Å². The molecular formula is C23H24ClF3N8O2. The Morgan fingerprint density at radius 2 is 2.03 bits per heavy atom. The van der Waals surface area contributed by atoms with Crippen LogP contribution in [-0.4, -0.2) is 57.1 Å². The number of nitrogens with one attached hydrogen (secondary N) is 4. The van der Waals surface area contributed by atoms with Gasteiger partial charge in [0.05, 0.1) is 34.8 Å². The topological polar surface area (TPSA) is 122 Å². The van der Waals surface area contributed by atoms with Gasteiger partial charge >= 0.3 is 6.36 Å². The van der Waals surface area contributed by atoms with E-state index in [4.69, 9.17) is 11.6 Å². The molecule has 0 radical (unpaired) electrons. The summed E-state index contributed by atoms with van der Waals surface area (Å²) < 4.78 is 42.5. The zero-order valence-electron chi connectivity index (χ0n) is 19.5. The predicted molar refractivity (Wildman–Crippen MR) is 132 cm³/mol. The lowest BCUT2D eigenvalue weighted by Crippen LogP contribution is -2.29. The zero-order valence-corrected chi connectivity index (χ0v) is 20.2. The fraction of sp³-hybridized carbons (Fsp3) is 0.304. The van der Waals surface area contributed by atoms with Gasteiger partial charge in [0.25, 0.3) is 0 Å². The molecule has 2 aromatic carbocycles. The van der Waals surface area contributed by atoms with Crippen molar-refractivity contribution in [2.75, 3.05) is 25.0 Å². The summed E-state index contributed by atoms with van der Waals surface area (Å²) in [6, 6.07) is 7.92. The van der Waals surface area contributed by atoms with Crippen molar-refractivity contribution >= 4 is 34.1 Å². The Kier molecular flexibility index (Phi) is 8.46. The van der Waals surface area contributed by atoms with Crippen LogP contribution in [0.2, 0.25) is 5.02 Å². The minimum absolute atomic E-state index is 0.107. The molecule has 0 aliphatic heterocycles. The van der Waals surface area contributed by atoms with E-state index in [0.717, 1.165) is 28.3 Å². The average molecular weight is 537 g/mol. The van der Waals surface area contributed by atoms with Crippen molar-refractivity contribution in [1.82, 2.24) is 35.8 Å². The molecule has 0 atom stereocenters. The van der Waals surface area contributed by atoms with Crippen LogP contribution in [0.4, 0.5) is 18.9 Å². The Morgan fingerprint density at radius 1 is 1.16 bits per heavy atom. The highest BCUT2D eigenvalue weighted by Crippen LogP contribution is 2.30. The SMILES string of the molecule is O=C(CCNCc1ccc(OC(F)(F)F)c(Cl)c1)NCCCNc1cc(-n2ccnn2)cc2[nH]ncc12. The van der Waals surface area contributed by atoms with Gasteiger partial charge in [0.2, 0.25) is 5.91 Å². The van der Waals surface area contributed by atoms with Crippen molar-refractivity contribution in [2.24, 2.45) is 0 Å². The Balaban J connectivity index is 1.14. The van der Waals surface area contributed by atoms with E-state index in [9.17, 15) is 18.0 Å². The summed E-state index contributed by atoms with van der Waals surface area (Å²) in [5.74, 6) is -0.561. The summed E-state index contributed by atoms with van der Waals surface area (Å²) >= 11 is 5.84. The molecule has 0 aliphatic carbocycles. The fourth-order valence-corrected chi connectivity index (χ4v) is 3.83. The Labute approximate surface area is 214 Å². The lowest BCUT2D eigenvalue weighted by atomic mass is 10.2. The number of carbonyl (C=O) groups is 1. The lowest BCUT2D eigenvalue weighted by molar-refractivity contribution is -0.274. The van der Waals surface area contributed by atoms with Crippen LogP contribution in [0, 0.1) is 0 Å². The molecule has 0 unspecified atom stereocenters. The maximum absolute atomic E-state index is 12.3. The van der Waals surface area contributed by atoms with Crippen LogP contribution in [0.15, 0.2) is 48.9 Å². The van der Waals surface area contributed by atoms with Crippen LogP contribution in [0.5, 0.6) is 5.75 Å². The summed E-state index contributed by atoms with van der Waals surface area (Å²) in [6.07, 6.45) is 1.26. The number of carbonyl (C=O) groups excluding carboxylic acids is 1. The minimum atomic E-state index is -4.80. The number of aromatic amines is 1. The first kappa shape index (κ1) is 26.2. The molecule has 14 heteroatoms. The maximum atomic E-state index is 12.3. The van der Waals surface area contributed by atoms with Gasteiger partial charge < -0.3 is 20.7 Å². The number of benzene rings is 2. The van der Waals surface area contributed by atoms with Crippen molar-refractivity contribution in [3.8, 4) is 11.4 Å². The molecule has 0 bridgehead atoms. The smallest absolute Gasteiger partial charge is 0.404 e. The first-order valence-electron chi connectivity index (χ1n) is 11.4. The molecule has 10 nitrogen and oxygen atoms in total. The lowest BCUT2D eigenvalue weighted by Gasteiger charge is -2.12. The molecular weight excluding hydrogens is 513 g/mol. The van der Waals surface area contributed by atoms with Gasteiger partial charge in [-0.2, -0.15) is 5.10 Å². The molecule has 0 saturated carbocycles. The van der Waals surface area contributed by atoms with E-state index in [1.165, 1.54) is 12.1 Å². The number of hydrogen-bond donors (Lipinski definition) is 4. The highest BCUT2D eigenvalue weighted by atomic mass is 35.5. The monoisotopic (exact) mass is 536 g/mol. The summed E-state index contributed by atoms with van der Waals surface area (Å²) in [5, 5.41) is 25.0. The quantitative estimate of drug-likeness (QED) is 0.203. The van der Waals surface area contributed by atoms with Crippen LogP contribution in [0.3, 0.4) is 0 Å². The molecule has 196 valence electrons. The second-order valence-corrected chi connectivity index (χ2v) is 8.45. The Hall–Kier alpha value is -3.84. The standard InChI is InChI=1S/C23H24ClF3N8O2/c24-18-10-15(2-3-21(18)37-23(25,26)27)13-28-7-4-22(36)30-6-1-5-29-19-11-16(35-9-8-31-34-35)12-20-17(19)14-32-33-20/h2-3,8-12,14,28-29H,1,4-7,13H2,(H,30,36)(H,32,33). The van der Waals surface area contributed by atoms with Crippen molar-refractivity contribution in [2.45, 2.75) is 25.7 Å². The first-order valence-corrected chi connectivity index (χ1v) is 11.8. The van der Waals surface area contributed by atoms with E-state index >= 15 is 0 Å². The fourth-order valence-electron chi connectivity index (χ4n) is 3.58. The molecule has 4 rings (SSSR count). The van der Waals surface area contributed by atoms with E-state index in [0.29, 0.717) is 38.2 Å². The van der Waals surface area contributed by atoms with Gasteiger partial charge in [-0.1, -0.05) is 22.9 Å². The van der Waals surface area contributed by atoms with Crippen molar-refractivity contribution < 1.29 is 22.7 Å². The van der Waals surface area contributed by atoms with Crippen LogP contribution in [-0.2, 0) is 11.3 Å². The highest BCUT2D eigenvalue weighted by molar-refractivity contribution is 6.32. The van der Waals surface area contributed by atoms with Crippen molar-refractivity contribution in [3.63, 3.8) is 0 Å². The molecule has 2 aromatic heterocycles. The van der Waals surface area contributed by atoms with Crippen molar-refractivity contribution in [3.05, 3.63) is 59.5 Å². The number of hydrogen-bond acceptors (Lipinski definition) is 7. The van der Waals surface area contributed by atoms with Gasteiger partial charge in [-0.05, 0) is 36.2 Å². The Morgan fingerprint density at radius 3 is 2.78 bits per heavy atom. The minimum Gasteiger partial charge on any atom is -0.404 e. The van der Waals surface area contributed by atoms with E-state index in [1.807, 2.05) is 12.1 Å². The largest absolute Gasteiger partial charge is 0.573 e. The van der Waals surface area contributed by atoms with Crippen LogP contribution in [0.1, 0.15) is 18.4 Å². The van der Waals surface area contributed by atoms with E-state index in [2.05, 4.69) is 41.2 Å². The molecule has 37 heavy (non-hydrogen) atoms. The zero-order chi connectivity index (χ0) is 26.3. The van der Waals surface area contributed by atoms with E-state index < -0.39 is 12.1 Å². The number of halogens is 4. The van der Waals surface area contributed by atoms with Gasteiger partial charge in [-0.15, -0.1) is 18.3 Å². The summed E-state index contributed by atoms with van der Waals surface area (Å²) in [5.41, 5.74) is 3.27. The summed E-state index contributed by atoms with van der Waals surface area (Å²) in [6.45, 7) is 1.88. The summed E-state index contributed by atoms with van der Waals surface area (Å²) in [7, 11) is 0. The number of nitrogens with zero attached hydrogens (tertiary/aromatic N) is 4. The number of anilines is 1. The van der Waals surface area contributed by atoms with Gasteiger partial charge in [0.15, 0.2) is 0 Å². The van der Waals surface area contributed by atoms with E-state index in [-0.39, 0.29) is 17.4 Å².